The van der Waals surface area contributed by atoms with Gasteiger partial charge in [0, 0.05) is 21.3 Å². The minimum Gasteiger partial charge on any atom is -0.452 e. The van der Waals surface area contributed by atoms with Gasteiger partial charge in [-0.3, -0.25) is 9.59 Å². The van der Waals surface area contributed by atoms with Crippen molar-refractivity contribution in [3.8, 4) is 0 Å². The van der Waals surface area contributed by atoms with Gasteiger partial charge in [0.1, 0.15) is 0 Å². The summed E-state index contributed by atoms with van der Waals surface area (Å²) in [5.41, 5.74) is 0.567. The summed E-state index contributed by atoms with van der Waals surface area (Å²) in [7, 11) is 0. The van der Waals surface area contributed by atoms with E-state index in [0.717, 1.165) is 5.75 Å². The molecule has 0 unspecified atom stereocenters. The molecule has 1 aromatic carbocycles. The average molecular weight is 370 g/mol. The Morgan fingerprint density at radius 2 is 2.17 bits per heavy atom. The smallest absolute Gasteiger partial charge is 0.316 e. The van der Waals surface area contributed by atoms with Crippen molar-refractivity contribution in [3.63, 3.8) is 0 Å². The summed E-state index contributed by atoms with van der Waals surface area (Å²) in [6.45, 7) is 1.54. The van der Waals surface area contributed by atoms with Gasteiger partial charge >= 0.3 is 5.97 Å². The summed E-state index contributed by atoms with van der Waals surface area (Å²) in [5, 5.41) is 5.18. The highest BCUT2D eigenvalue weighted by Gasteiger charge is 2.18. The SMILES string of the molecule is C[C@@H](OC(=O)CSCc1cccs1)C(=O)Nc1cccc(Cl)c1. The molecule has 1 heterocycles. The number of esters is 1. The number of hydrogen-bond donors (Lipinski definition) is 1. The van der Waals surface area contributed by atoms with Crippen molar-refractivity contribution in [2.45, 2.75) is 18.8 Å². The monoisotopic (exact) mass is 369 g/mol. The molecule has 7 heteroatoms. The van der Waals surface area contributed by atoms with E-state index < -0.39 is 12.1 Å². The van der Waals surface area contributed by atoms with Gasteiger partial charge in [-0.15, -0.1) is 23.1 Å². The predicted octanol–water partition coefficient (Wildman–Crippen LogP) is 4.21. The van der Waals surface area contributed by atoms with Crippen LogP contribution in [0, 0.1) is 0 Å². The van der Waals surface area contributed by atoms with Gasteiger partial charge in [0.15, 0.2) is 6.10 Å². The van der Waals surface area contributed by atoms with Crippen LogP contribution in [0.4, 0.5) is 5.69 Å². The molecule has 0 bridgehead atoms. The van der Waals surface area contributed by atoms with Crippen LogP contribution in [0.25, 0.3) is 0 Å². The Kier molecular flexibility index (Phi) is 6.95. The van der Waals surface area contributed by atoms with Gasteiger partial charge in [0.2, 0.25) is 0 Å². The van der Waals surface area contributed by atoms with Crippen molar-refractivity contribution in [2.24, 2.45) is 0 Å². The number of anilines is 1. The van der Waals surface area contributed by atoms with Gasteiger partial charge in [-0.2, -0.15) is 0 Å². The van der Waals surface area contributed by atoms with Crippen molar-refractivity contribution < 1.29 is 14.3 Å². The van der Waals surface area contributed by atoms with Crippen LogP contribution in [0.3, 0.4) is 0 Å². The number of benzene rings is 1. The molecule has 122 valence electrons. The first-order chi connectivity index (χ1) is 11.0. The van der Waals surface area contributed by atoms with Crippen LogP contribution in [0.2, 0.25) is 5.02 Å². The fourth-order valence-corrected chi connectivity index (χ4v) is 3.56. The summed E-state index contributed by atoms with van der Waals surface area (Å²) < 4.78 is 5.13. The number of carbonyl (C=O) groups is 2. The lowest BCUT2D eigenvalue weighted by Crippen LogP contribution is -2.30. The number of hydrogen-bond acceptors (Lipinski definition) is 5. The van der Waals surface area contributed by atoms with Crippen molar-refractivity contribution in [1.29, 1.82) is 0 Å². The summed E-state index contributed by atoms with van der Waals surface area (Å²) in [5.74, 6) is 0.187. The van der Waals surface area contributed by atoms with E-state index in [0.29, 0.717) is 10.7 Å². The number of amides is 1. The Morgan fingerprint density at radius 3 is 2.87 bits per heavy atom. The van der Waals surface area contributed by atoms with Gasteiger partial charge in [-0.25, -0.2) is 0 Å². The van der Waals surface area contributed by atoms with Crippen LogP contribution in [-0.2, 0) is 20.1 Å². The lowest BCUT2D eigenvalue weighted by molar-refractivity contribution is -0.150. The number of thiophene rings is 1. The Labute approximate surface area is 148 Å². The van der Waals surface area contributed by atoms with E-state index in [1.807, 2.05) is 17.5 Å². The molecule has 0 aliphatic rings. The van der Waals surface area contributed by atoms with Crippen LogP contribution in [0.5, 0.6) is 0 Å². The Hall–Kier alpha value is -1.50. The fourth-order valence-electron chi connectivity index (χ4n) is 1.72. The van der Waals surface area contributed by atoms with Crippen molar-refractivity contribution in [1.82, 2.24) is 0 Å². The van der Waals surface area contributed by atoms with E-state index in [2.05, 4.69) is 5.32 Å². The molecule has 0 fully saturated rings. The second kappa shape index (κ2) is 8.96. The summed E-state index contributed by atoms with van der Waals surface area (Å²) >= 11 is 8.97. The highest BCUT2D eigenvalue weighted by Crippen LogP contribution is 2.18. The number of rotatable bonds is 7. The largest absolute Gasteiger partial charge is 0.452 e. The normalized spacial score (nSPS) is 11.7. The molecular formula is C16H16ClNO3S2. The number of ether oxygens (including phenoxy) is 1. The highest BCUT2D eigenvalue weighted by molar-refractivity contribution is 7.99. The van der Waals surface area contributed by atoms with Crippen LogP contribution >= 0.6 is 34.7 Å². The summed E-state index contributed by atoms with van der Waals surface area (Å²) in [6, 6.07) is 10.8. The molecule has 0 spiro atoms. The van der Waals surface area contributed by atoms with Gasteiger partial charge in [-0.1, -0.05) is 23.7 Å². The summed E-state index contributed by atoms with van der Waals surface area (Å²) in [6.07, 6.45) is -0.858. The van der Waals surface area contributed by atoms with E-state index >= 15 is 0 Å². The number of nitrogens with one attached hydrogen (secondary N) is 1. The molecule has 1 N–H and O–H groups in total. The number of halogens is 1. The molecule has 1 amide bonds. The van der Waals surface area contributed by atoms with Crippen LogP contribution < -0.4 is 5.32 Å². The molecule has 2 aromatic rings. The van der Waals surface area contributed by atoms with Crippen LogP contribution in [0.15, 0.2) is 41.8 Å². The van der Waals surface area contributed by atoms with Crippen LogP contribution in [-0.4, -0.2) is 23.7 Å². The molecule has 23 heavy (non-hydrogen) atoms. The topological polar surface area (TPSA) is 55.4 Å². The minimum absolute atomic E-state index is 0.215. The third-order valence-corrected chi connectivity index (χ3v) is 5.06. The van der Waals surface area contributed by atoms with Crippen molar-refractivity contribution in [3.05, 3.63) is 51.7 Å². The molecule has 0 saturated heterocycles. The maximum atomic E-state index is 12.0. The first-order valence-electron chi connectivity index (χ1n) is 6.90. The summed E-state index contributed by atoms with van der Waals surface area (Å²) in [4.78, 5) is 24.9. The lowest BCUT2D eigenvalue weighted by atomic mass is 10.3. The van der Waals surface area contributed by atoms with Crippen molar-refractivity contribution in [2.75, 3.05) is 11.1 Å². The molecule has 1 atom stereocenters. The zero-order chi connectivity index (χ0) is 16.7. The van der Waals surface area contributed by atoms with Gasteiger partial charge in [0.05, 0.1) is 5.75 Å². The average Bonchev–Trinajstić information content (AvgIpc) is 3.00. The molecule has 4 nitrogen and oxygen atoms in total. The Morgan fingerprint density at radius 1 is 1.35 bits per heavy atom. The van der Waals surface area contributed by atoms with E-state index in [4.69, 9.17) is 16.3 Å². The third-order valence-electron chi connectivity index (χ3n) is 2.81. The standard InChI is InChI=1S/C16H16ClNO3S2/c1-11(16(20)18-13-5-2-4-12(17)8-13)21-15(19)10-22-9-14-6-3-7-23-14/h2-8,11H,9-10H2,1H3,(H,18,20)/t11-/m1/s1. The molecule has 0 aliphatic heterocycles. The van der Waals surface area contributed by atoms with Gasteiger partial charge < -0.3 is 10.1 Å². The minimum atomic E-state index is -0.858. The molecular weight excluding hydrogens is 354 g/mol. The molecule has 0 saturated carbocycles. The number of carbonyl (C=O) groups excluding carboxylic acids is 2. The molecule has 0 aliphatic carbocycles. The maximum Gasteiger partial charge on any atom is 0.316 e. The van der Waals surface area contributed by atoms with E-state index in [1.54, 1.807) is 42.5 Å². The Balaban J connectivity index is 1.73. The first kappa shape index (κ1) is 17.8. The quantitative estimate of drug-likeness (QED) is 0.743. The molecule has 0 radical (unpaired) electrons. The molecule has 1 aromatic heterocycles. The first-order valence-corrected chi connectivity index (χ1v) is 9.32. The molecule has 2 rings (SSSR count). The van der Waals surface area contributed by atoms with Gasteiger partial charge in [0.25, 0.3) is 5.91 Å². The van der Waals surface area contributed by atoms with E-state index in [9.17, 15) is 9.59 Å². The van der Waals surface area contributed by atoms with Crippen LogP contribution in [0.1, 0.15) is 11.8 Å². The third kappa shape index (κ3) is 6.25. The zero-order valence-corrected chi connectivity index (χ0v) is 14.8. The van der Waals surface area contributed by atoms with Crippen molar-refractivity contribution >= 4 is 52.3 Å². The fraction of sp³-hybridized carbons (Fsp3) is 0.250. The maximum absolute atomic E-state index is 12.0. The van der Waals surface area contributed by atoms with E-state index in [-0.39, 0.29) is 11.7 Å². The lowest BCUT2D eigenvalue weighted by Gasteiger charge is -2.13. The number of thioether (sulfide) groups is 1. The second-order valence-corrected chi connectivity index (χ2v) is 7.16. The predicted molar refractivity (Wildman–Crippen MR) is 96.1 cm³/mol. The Bertz CT molecular complexity index is 661. The second-order valence-electron chi connectivity index (χ2n) is 4.70. The van der Waals surface area contributed by atoms with E-state index in [1.165, 1.54) is 16.6 Å². The highest BCUT2D eigenvalue weighted by atomic mass is 35.5. The zero-order valence-electron chi connectivity index (χ0n) is 12.5. The van der Waals surface area contributed by atoms with Gasteiger partial charge in [-0.05, 0) is 36.6 Å².